The van der Waals surface area contributed by atoms with Crippen LogP contribution in [-0.2, 0) is 19.4 Å². The number of carbonyl (C=O) groups excluding carboxylic acids is 1. The number of rotatable bonds is 5. The summed E-state index contributed by atoms with van der Waals surface area (Å²) in [5.74, 6) is 0.124. The van der Waals surface area contributed by atoms with E-state index in [-0.39, 0.29) is 5.82 Å². The zero-order valence-electron chi connectivity index (χ0n) is 16.8. The molecule has 0 fully saturated rings. The quantitative estimate of drug-likeness (QED) is 0.483. The molecular formula is C24H28FN3O. The molecule has 0 bridgehead atoms. The molecule has 5 heteroatoms. The molecule has 0 saturated carbocycles. The summed E-state index contributed by atoms with van der Waals surface area (Å²) in [5.41, 5.74) is 5.16. The Morgan fingerprint density at radius 1 is 1.10 bits per heavy atom. The monoisotopic (exact) mass is 393 g/mol. The lowest BCUT2D eigenvalue weighted by Gasteiger charge is -2.14. The van der Waals surface area contributed by atoms with Crippen molar-refractivity contribution >= 4 is 6.29 Å². The van der Waals surface area contributed by atoms with E-state index in [1.807, 2.05) is 37.4 Å². The first-order valence-electron chi connectivity index (χ1n) is 10.2. The maximum atomic E-state index is 13.0. The zero-order chi connectivity index (χ0) is 20.5. The van der Waals surface area contributed by atoms with E-state index >= 15 is 0 Å². The lowest BCUT2D eigenvalue weighted by Crippen LogP contribution is -2.04. The number of benzene rings is 2. The van der Waals surface area contributed by atoms with Crippen molar-refractivity contribution in [1.29, 1.82) is 0 Å². The van der Waals surface area contributed by atoms with Gasteiger partial charge < -0.3 is 5.32 Å². The summed E-state index contributed by atoms with van der Waals surface area (Å²) < 4.78 is 13.0. The fourth-order valence-electron chi connectivity index (χ4n) is 3.84. The van der Waals surface area contributed by atoms with Crippen molar-refractivity contribution in [3.05, 3.63) is 88.5 Å². The minimum absolute atomic E-state index is 0.208. The van der Waals surface area contributed by atoms with Gasteiger partial charge in [0.2, 0.25) is 0 Å². The zero-order valence-corrected chi connectivity index (χ0v) is 16.8. The van der Waals surface area contributed by atoms with Gasteiger partial charge in [0, 0.05) is 23.7 Å². The Bertz CT molecular complexity index is 890. The Balaban J connectivity index is 0.000000224. The van der Waals surface area contributed by atoms with E-state index in [0.29, 0.717) is 11.6 Å². The third-order valence-electron chi connectivity index (χ3n) is 5.30. The van der Waals surface area contributed by atoms with Gasteiger partial charge in [0.15, 0.2) is 6.29 Å². The highest BCUT2D eigenvalue weighted by molar-refractivity contribution is 5.74. The van der Waals surface area contributed by atoms with Crippen molar-refractivity contribution in [2.45, 2.75) is 44.6 Å². The molecule has 0 saturated heterocycles. The summed E-state index contributed by atoms with van der Waals surface area (Å²) in [4.78, 5) is 11.0. The maximum absolute atomic E-state index is 13.0. The molecule has 1 heterocycles. The molecule has 29 heavy (non-hydrogen) atoms. The Kier molecular flexibility index (Phi) is 7.70. The number of aromatic nitrogens is 2. The molecule has 0 aliphatic heterocycles. The minimum atomic E-state index is -0.208. The first-order chi connectivity index (χ1) is 14.2. The van der Waals surface area contributed by atoms with E-state index in [2.05, 4.69) is 27.6 Å². The number of H-pyrrole nitrogens is 1. The van der Waals surface area contributed by atoms with Gasteiger partial charge in [-0.2, -0.15) is 5.10 Å². The van der Waals surface area contributed by atoms with E-state index in [0.717, 1.165) is 61.8 Å². The van der Waals surface area contributed by atoms with Gasteiger partial charge >= 0.3 is 0 Å². The number of hydrogen-bond acceptors (Lipinski definition) is 3. The van der Waals surface area contributed by atoms with Crippen LogP contribution in [0.5, 0.6) is 0 Å². The van der Waals surface area contributed by atoms with Crippen LogP contribution in [0.4, 0.5) is 4.39 Å². The summed E-state index contributed by atoms with van der Waals surface area (Å²) in [7, 11) is 1.95. The number of aromatic amines is 1. The van der Waals surface area contributed by atoms with Crippen LogP contribution in [0.15, 0.2) is 54.6 Å². The summed E-state index contributed by atoms with van der Waals surface area (Å²) in [6.45, 7) is 0.959. The van der Waals surface area contributed by atoms with Crippen molar-refractivity contribution < 1.29 is 9.18 Å². The summed E-state index contributed by atoms with van der Waals surface area (Å²) in [5, 5.41) is 10.2. The summed E-state index contributed by atoms with van der Waals surface area (Å²) >= 11 is 0. The van der Waals surface area contributed by atoms with Crippen LogP contribution in [0.25, 0.3) is 0 Å². The molecule has 4 nitrogen and oxygen atoms in total. The smallest absolute Gasteiger partial charge is 0.170 e. The molecule has 1 atom stereocenters. The Morgan fingerprint density at radius 2 is 1.86 bits per heavy atom. The van der Waals surface area contributed by atoms with Gasteiger partial charge in [-0.05, 0) is 56.0 Å². The minimum Gasteiger partial charge on any atom is -0.316 e. The molecular weight excluding hydrogens is 365 g/mol. The standard InChI is InChI=1S/C16H17FN2O.C8H11N/c17-13-7-5-11(6-8-13)9-12-3-1-2-4-14-15(10-20)18-19-16(12)14;1-9-7-8-5-3-2-4-6-8/h5-8,10,12H,1-4,9H2,(H,18,19);2-6,9H,7H2,1H3. The van der Waals surface area contributed by atoms with E-state index < -0.39 is 0 Å². The average molecular weight is 394 g/mol. The van der Waals surface area contributed by atoms with Crippen molar-refractivity contribution in [2.75, 3.05) is 7.05 Å². The van der Waals surface area contributed by atoms with Gasteiger partial charge in [0.25, 0.3) is 0 Å². The van der Waals surface area contributed by atoms with Crippen LogP contribution in [0.1, 0.15) is 58.1 Å². The van der Waals surface area contributed by atoms with Crippen molar-refractivity contribution in [3.63, 3.8) is 0 Å². The second kappa shape index (κ2) is 10.7. The van der Waals surface area contributed by atoms with Crippen molar-refractivity contribution in [1.82, 2.24) is 15.5 Å². The fraction of sp³-hybridized carbons (Fsp3) is 0.333. The van der Waals surface area contributed by atoms with Crippen molar-refractivity contribution in [3.8, 4) is 0 Å². The number of fused-ring (bicyclic) bond motifs is 1. The Hall–Kier alpha value is -2.79. The predicted molar refractivity (Wildman–Crippen MR) is 114 cm³/mol. The third kappa shape index (κ3) is 5.84. The van der Waals surface area contributed by atoms with Gasteiger partial charge in [0.1, 0.15) is 11.5 Å². The second-order valence-electron chi connectivity index (χ2n) is 7.41. The molecule has 4 rings (SSSR count). The third-order valence-corrected chi connectivity index (χ3v) is 5.30. The van der Waals surface area contributed by atoms with Crippen LogP contribution in [-0.4, -0.2) is 23.5 Å². The molecule has 2 aromatic carbocycles. The van der Waals surface area contributed by atoms with E-state index in [1.54, 1.807) is 0 Å². The van der Waals surface area contributed by atoms with Crippen molar-refractivity contribution in [2.24, 2.45) is 0 Å². The molecule has 1 unspecified atom stereocenters. The van der Waals surface area contributed by atoms with E-state index in [4.69, 9.17) is 0 Å². The van der Waals surface area contributed by atoms with Gasteiger partial charge in [0.05, 0.1) is 0 Å². The molecule has 1 aliphatic rings. The summed E-state index contributed by atoms with van der Waals surface area (Å²) in [6, 6.07) is 17.0. The number of carbonyl (C=O) groups is 1. The summed E-state index contributed by atoms with van der Waals surface area (Å²) in [6.07, 6.45) is 5.91. The molecule has 0 radical (unpaired) electrons. The molecule has 1 aliphatic carbocycles. The number of nitrogens with one attached hydrogen (secondary N) is 2. The van der Waals surface area contributed by atoms with Gasteiger partial charge in [-0.25, -0.2) is 4.39 Å². The predicted octanol–water partition coefficient (Wildman–Crippen LogP) is 4.82. The van der Waals surface area contributed by atoms with Gasteiger partial charge in [-0.1, -0.05) is 48.9 Å². The maximum Gasteiger partial charge on any atom is 0.170 e. The first-order valence-corrected chi connectivity index (χ1v) is 10.2. The molecule has 3 aromatic rings. The average Bonchev–Trinajstić information content (AvgIpc) is 3.06. The molecule has 1 aromatic heterocycles. The molecule has 2 N–H and O–H groups in total. The first kappa shape index (κ1) is 20.9. The van der Waals surface area contributed by atoms with Crippen LogP contribution in [0.2, 0.25) is 0 Å². The Labute approximate surface area is 171 Å². The second-order valence-corrected chi connectivity index (χ2v) is 7.41. The lowest BCUT2D eigenvalue weighted by molar-refractivity contribution is 0.111. The van der Waals surface area contributed by atoms with Crippen LogP contribution >= 0.6 is 0 Å². The largest absolute Gasteiger partial charge is 0.316 e. The SMILES string of the molecule is CNCc1ccccc1.O=Cc1n[nH]c2c1CCCCC2Cc1ccc(F)cc1. The number of aldehydes is 1. The number of hydrogen-bond donors (Lipinski definition) is 2. The molecule has 152 valence electrons. The van der Waals surface area contributed by atoms with Crippen LogP contribution < -0.4 is 5.32 Å². The van der Waals surface area contributed by atoms with Gasteiger partial charge in [-0.15, -0.1) is 0 Å². The topological polar surface area (TPSA) is 57.8 Å². The Morgan fingerprint density at radius 3 is 2.55 bits per heavy atom. The molecule has 0 amide bonds. The number of halogens is 1. The fourth-order valence-corrected chi connectivity index (χ4v) is 3.84. The molecule has 0 spiro atoms. The van der Waals surface area contributed by atoms with Crippen LogP contribution in [0, 0.1) is 5.82 Å². The lowest BCUT2D eigenvalue weighted by atomic mass is 9.91. The highest BCUT2D eigenvalue weighted by Gasteiger charge is 2.23. The normalized spacial score (nSPS) is 15.6. The van der Waals surface area contributed by atoms with E-state index in [9.17, 15) is 9.18 Å². The number of nitrogens with zero attached hydrogens (tertiary/aromatic N) is 1. The highest BCUT2D eigenvalue weighted by atomic mass is 19.1. The van der Waals surface area contributed by atoms with Gasteiger partial charge in [-0.3, -0.25) is 9.89 Å². The highest BCUT2D eigenvalue weighted by Crippen LogP contribution is 2.32. The van der Waals surface area contributed by atoms with E-state index in [1.165, 1.54) is 17.7 Å². The van der Waals surface area contributed by atoms with Crippen LogP contribution in [0.3, 0.4) is 0 Å².